The van der Waals surface area contributed by atoms with Gasteiger partial charge in [-0.25, -0.2) is 4.68 Å². The fourth-order valence-corrected chi connectivity index (χ4v) is 5.18. The van der Waals surface area contributed by atoms with Crippen LogP contribution in [0, 0.1) is 0 Å². The number of thiocarbonyl (C=S) groups is 1. The zero-order valence-electron chi connectivity index (χ0n) is 15.5. The molecule has 142 valence electrons. The number of hydrogen-bond acceptors (Lipinski definition) is 5. The lowest BCUT2D eigenvalue weighted by Gasteiger charge is -2.21. The van der Waals surface area contributed by atoms with Crippen LogP contribution in [0.1, 0.15) is 25.8 Å². The molecule has 0 aliphatic carbocycles. The Balaban J connectivity index is 1.77. The molecular weight excluding hydrogens is 406 g/mol. The molecule has 2 aromatic heterocycles. The van der Waals surface area contributed by atoms with Gasteiger partial charge in [-0.05, 0) is 43.0 Å². The third-order valence-electron chi connectivity index (χ3n) is 4.66. The molecule has 0 spiro atoms. The highest BCUT2D eigenvalue weighted by Crippen LogP contribution is 2.36. The van der Waals surface area contributed by atoms with Gasteiger partial charge in [0.25, 0.3) is 5.91 Å². The van der Waals surface area contributed by atoms with Crippen molar-refractivity contribution in [1.82, 2.24) is 14.7 Å². The molecule has 3 heterocycles. The number of carbonyl (C=O) groups is 1. The highest BCUT2D eigenvalue weighted by Gasteiger charge is 2.35. The number of para-hydroxylation sites is 1. The average Bonchev–Trinajstić information content (AvgIpc) is 3.42. The first-order valence-corrected chi connectivity index (χ1v) is 11.1. The van der Waals surface area contributed by atoms with Crippen LogP contribution in [0.5, 0.6) is 0 Å². The van der Waals surface area contributed by atoms with Crippen molar-refractivity contribution < 1.29 is 4.79 Å². The second-order valence-electron chi connectivity index (χ2n) is 6.50. The van der Waals surface area contributed by atoms with Gasteiger partial charge in [0, 0.05) is 17.8 Å². The van der Waals surface area contributed by atoms with E-state index in [2.05, 4.69) is 6.92 Å². The van der Waals surface area contributed by atoms with E-state index < -0.39 is 0 Å². The van der Waals surface area contributed by atoms with E-state index in [-0.39, 0.29) is 11.9 Å². The summed E-state index contributed by atoms with van der Waals surface area (Å²) in [6.45, 7) is 4.09. The molecule has 1 amide bonds. The Labute approximate surface area is 177 Å². The van der Waals surface area contributed by atoms with Crippen molar-refractivity contribution in [2.75, 3.05) is 0 Å². The summed E-state index contributed by atoms with van der Waals surface area (Å²) < 4.78 is 2.48. The Kier molecular flexibility index (Phi) is 5.48. The number of hydrogen-bond donors (Lipinski definition) is 0. The monoisotopic (exact) mass is 425 g/mol. The Hall–Kier alpha value is -2.22. The van der Waals surface area contributed by atoms with Crippen molar-refractivity contribution in [2.45, 2.75) is 26.3 Å². The minimum atomic E-state index is -0.0195. The van der Waals surface area contributed by atoms with Crippen molar-refractivity contribution in [3.63, 3.8) is 0 Å². The lowest BCUT2D eigenvalue weighted by Crippen LogP contribution is -2.36. The smallest absolute Gasteiger partial charge is 0.266 e. The normalized spacial score (nSPS) is 16.9. The van der Waals surface area contributed by atoms with Crippen LogP contribution in [0.2, 0.25) is 0 Å². The molecule has 0 saturated carbocycles. The van der Waals surface area contributed by atoms with E-state index in [1.807, 2.05) is 71.7 Å². The first-order chi connectivity index (χ1) is 13.6. The van der Waals surface area contributed by atoms with Gasteiger partial charge in [-0.15, -0.1) is 11.3 Å². The number of amides is 1. The molecule has 1 aliphatic heterocycles. The van der Waals surface area contributed by atoms with Crippen LogP contribution in [-0.2, 0) is 4.79 Å². The lowest BCUT2D eigenvalue weighted by molar-refractivity contribution is -0.123. The summed E-state index contributed by atoms with van der Waals surface area (Å²) in [5.74, 6) is -0.0195. The highest BCUT2D eigenvalue weighted by molar-refractivity contribution is 8.26. The fraction of sp³-hybridized carbons (Fsp3) is 0.190. The second-order valence-corrected chi connectivity index (χ2v) is 9.12. The molecule has 28 heavy (non-hydrogen) atoms. The molecule has 1 unspecified atom stereocenters. The number of rotatable bonds is 5. The summed E-state index contributed by atoms with van der Waals surface area (Å²) >= 11 is 8.46. The Morgan fingerprint density at radius 2 is 2.00 bits per heavy atom. The molecule has 1 aromatic carbocycles. The van der Waals surface area contributed by atoms with E-state index in [4.69, 9.17) is 17.3 Å². The third kappa shape index (κ3) is 3.57. The van der Waals surface area contributed by atoms with E-state index in [0.717, 1.165) is 28.2 Å². The van der Waals surface area contributed by atoms with Crippen LogP contribution in [-0.4, -0.2) is 30.9 Å². The van der Waals surface area contributed by atoms with Crippen molar-refractivity contribution in [3.8, 4) is 16.3 Å². The maximum absolute atomic E-state index is 12.9. The standard InChI is InChI=1S/C21H19N3OS3/c1-3-14(2)24-20(25)18(28-21(24)26)12-15-13-23(16-8-5-4-6-9-16)22-19(15)17-10-7-11-27-17/h4-14H,3H2,1-2H3. The van der Waals surface area contributed by atoms with Crippen molar-refractivity contribution in [3.05, 3.63) is 64.5 Å². The predicted molar refractivity (Wildman–Crippen MR) is 122 cm³/mol. The maximum atomic E-state index is 12.9. The first-order valence-electron chi connectivity index (χ1n) is 9.04. The number of thiophene rings is 1. The quantitative estimate of drug-likeness (QED) is 0.394. The molecule has 4 rings (SSSR count). The summed E-state index contributed by atoms with van der Waals surface area (Å²) in [6, 6.07) is 14.1. The summed E-state index contributed by atoms with van der Waals surface area (Å²) in [7, 11) is 0. The summed E-state index contributed by atoms with van der Waals surface area (Å²) in [5.41, 5.74) is 2.76. The third-order valence-corrected chi connectivity index (χ3v) is 6.87. The number of thioether (sulfide) groups is 1. The van der Waals surface area contributed by atoms with Crippen LogP contribution in [0.3, 0.4) is 0 Å². The molecule has 7 heteroatoms. The summed E-state index contributed by atoms with van der Waals surface area (Å²) in [4.78, 5) is 16.4. The van der Waals surface area contributed by atoms with Crippen LogP contribution < -0.4 is 0 Å². The van der Waals surface area contributed by atoms with Gasteiger partial charge in [-0.2, -0.15) is 5.10 Å². The molecule has 0 radical (unpaired) electrons. The SMILES string of the molecule is CCC(C)N1C(=O)C(=Cc2cn(-c3ccccc3)nc2-c2cccs2)SC1=S. The average molecular weight is 426 g/mol. The molecule has 1 fully saturated rings. The lowest BCUT2D eigenvalue weighted by atomic mass is 10.2. The molecule has 0 N–H and O–H groups in total. The minimum absolute atomic E-state index is 0.0195. The van der Waals surface area contributed by atoms with Crippen LogP contribution in [0.4, 0.5) is 0 Å². The Bertz CT molecular complexity index is 1040. The summed E-state index contributed by atoms with van der Waals surface area (Å²) in [6.07, 6.45) is 4.76. The van der Waals surface area contributed by atoms with Gasteiger partial charge in [-0.3, -0.25) is 9.69 Å². The van der Waals surface area contributed by atoms with Crippen LogP contribution in [0.15, 0.2) is 58.9 Å². The number of nitrogens with zero attached hydrogens (tertiary/aromatic N) is 3. The van der Waals surface area contributed by atoms with E-state index >= 15 is 0 Å². The highest BCUT2D eigenvalue weighted by atomic mass is 32.2. The Morgan fingerprint density at radius 3 is 2.68 bits per heavy atom. The van der Waals surface area contributed by atoms with Gasteiger partial charge < -0.3 is 0 Å². The van der Waals surface area contributed by atoms with Crippen molar-refractivity contribution in [2.24, 2.45) is 0 Å². The molecule has 0 bridgehead atoms. The number of carbonyl (C=O) groups excluding carboxylic acids is 1. The van der Waals surface area contributed by atoms with Gasteiger partial charge in [0.2, 0.25) is 0 Å². The summed E-state index contributed by atoms with van der Waals surface area (Å²) in [5, 5.41) is 6.83. The number of benzene rings is 1. The second kappa shape index (κ2) is 8.03. The van der Waals surface area contributed by atoms with Crippen LogP contribution >= 0.6 is 35.3 Å². The van der Waals surface area contributed by atoms with Crippen LogP contribution in [0.25, 0.3) is 22.3 Å². The van der Waals surface area contributed by atoms with Gasteiger partial charge in [0.15, 0.2) is 0 Å². The topological polar surface area (TPSA) is 38.1 Å². The fourth-order valence-electron chi connectivity index (χ4n) is 2.99. The molecular formula is C21H19N3OS3. The zero-order valence-corrected chi connectivity index (χ0v) is 18.0. The number of aromatic nitrogens is 2. The van der Waals surface area contributed by atoms with E-state index in [1.165, 1.54) is 11.8 Å². The van der Waals surface area contributed by atoms with Gasteiger partial charge in [0.1, 0.15) is 10.0 Å². The van der Waals surface area contributed by atoms with E-state index in [0.29, 0.717) is 9.23 Å². The van der Waals surface area contributed by atoms with E-state index in [1.54, 1.807) is 16.2 Å². The Morgan fingerprint density at radius 1 is 1.21 bits per heavy atom. The molecule has 1 atom stereocenters. The predicted octanol–water partition coefficient (Wildman–Crippen LogP) is 5.60. The van der Waals surface area contributed by atoms with Crippen molar-refractivity contribution in [1.29, 1.82) is 0 Å². The zero-order chi connectivity index (χ0) is 19.7. The largest absolute Gasteiger partial charge is 0.290 e. The first kappa shape index (κ1) is 19.1. The molecule has 3 aromatic rings. The van der Waals surface area contributed by atoms with Crippen molar-refractivity contribution >= 4 is 51.6 Å². The van der Waals surface area contributed by atoms with Gasteiger partial charge in [-0.1, -0.05) is 55.2 Å². The van der Waals surface area contributed by atoms with Gasteiger partial charge in [0.05, 0.1) is 15.5 Å². The van der Waals surface area contributed by atoms with Gasteiger partial charge >= 0.3 is 0 Å². The minimum Gasteiger partial charge on any atom is -0.290 e. The molecule has 1 saturated heterocycles. The molecule has 1 aliphatic rings. The maximum Gasteiger partial charge on any atom is 0.266 e. The molecule has 4 nitrogen and oxygen atoms in total. The van der Waals surface area contributed by atoms with E-state index in [9.17, 15) is 4.79 Å².